The maximum absolute atomic E-state index is 12.2. The molecule has 1 aliphatic heterocycles. The van der Waals surface area contributed by atoms with Crippen LogP contribution in [0.5, 0.6) is 0 Å². The van der Waals surface area contributed by atoms with Crippen LogP contribution < -0.4 is 10.9 Å². The number of aromatic amines is 1. The molecule has 1 aromatic carbocycles. The highest BCUT2D eigenvalue weighted by molar-refractivity contribution is 5.94. The molecule has 0 aliphatic carbocycles. The molecule has 0 spiro atoms. The van der Waals surface area contributed by atoms with Crippen LogP contribution in [-0.4, -0.2) is 15.9 Å². The van der Waals surface area contributed by atoms with Gasteiger partial charge in [0.1, 0.15) is 11.6 Å². The van der Waals surface area contributed by atoms with E-state index in [-0.39, 0.29) is 23.8 Å². The molecule has 0 saturated carbocycles. The summed E-state index contributed by atoms with van der Waals surface area (Å²) in [6.45, 7) is 3.68. The van der Waals surface area contributed by atoms with Gasteiger partial charge in [-0.15, -0.1) is 0 Å². The van der Waals surface area contributed by atoms with Crippen LogP contribution in [0.25, 0.3) is 0 Å². The maximum atomic E-state index is 12.2. The molecule has 2 aromatic rings. The van der Waals surface area contributed by atoms with Gasteiger partial charge in [0.15, 0.2) is 0 Å². The molecule has 102 valence electrons. The fraction of sp³-hybridized carbons (Fsp3) is 0.267. The molecular weight excluding hydrogens is 254 g/mol. The van der Waals surface area contributed by atoms with Gasteiger partial charge in [-0.05, 0) is 25.0 Å². The van der Waals surface area contributed by atoms with E-state index in [0.717, 1.165) is 11.1 Å². The van der Waals surface area contributed by atoms with Crippen molar-refractivity contribution in [2.24, 2.45) is 0 Å². The van der Waals surface area contributed by atoms with Crippen molar-refractivity contribution < 1.29 is 4.79 Å². The fourth-order valence-corrected chi connectivity index (χ4v) is 2.73. The third kappa shape index (κ3) is 2.01. The van der Waals surface area contributed by atoms with E-state index in [4.69, 9.17) is 0 Å². The second-order valence-electron chi connectivity index (χ2n) is 5.08. The second-order valence-corrected chi connectivity index (χ2v) is 5.08. The Hall–Kier alpha value is -2.43. The zero-order valence-corrected chi connectivity index (χ0v) is 11.4. The van der Waals surface area contributed by atoms with Crippen LogP contribution in [0.4, 0.5) is 5.82 Å². The average molecular weight is 269 g/mol. The predicted octanol–water partition coefficient (Wildman–Crippen LogP) is 1.86. The number of H-pyrrole nitrogens is 1. The molecule has 5 nitrogen and oxygen atoms in total. The van der Waals surface area contributed by atoms with E-state index in [1.165, 1.54) is 0 Å². The molecule has 3 rings (SSSR count). The largest absolute Gasteiger partial charge is 0.310 e. The number of anilines is 1. The Labute approximate surface area is 116 Å². The van der Waals surface area contributed by atoms with Gasteiger partial charge < -0.3 is 10.3 Å². The minimum absolute atomic E-state index is 0.108. The molecule has 0 saturated heterocycles. The Morgan fingerprint density at radius 1 is 1.20 bits per heavy atom. The molecule has 1 amide bonds. The van der Waals surface area contributed by atoms with E-state index in [9.17, 15) is 9.59 Å². The first-order chi connectivity index (χ1) is 9.56. The molecule has 1 aromatic heterocycles. The van der Waals surface area contributed by atoms with Crippen LogP contribution in [0, 0.1) is 13.8 Å². The Bertz CT molecular complexity index is 749. The number of amides is 1. The summed E-state index contributed by atoms with van der Waals surface area (Å²) >= 11 is 0. The number of benzene rings is 1. The minimum atomic E-state index is -0.239. The number of hydrogen-bond acceptors (Lipinski definition) is 3. The third-order valence-electron chi connectivity index (χ3n) is 3.63. The lowest BCUT2D eigenvalue weighted by atomic mass is 9.84. The number of aromatic nitrogens is 2. The standard InChI is InChI=1S/C15H15N3O2/c1-8-5-3-4-6-10(8)11-7-12(19)18-14-13(11)15(20)17-9(2)16-14/h3-6,11H,7H2,1-2H3,(H2,16,17,18,19,20)/t11-/m1/s1. The Morgan fingerprint density at radius 3 is 2.70 bits per heavy atom. The number of fused-ring (bicyclic) bond motifs is 1. The molecule has 1 aliphatic rings. The van der Waals surface area contributed by atoms with Crippen molar-refractivity contribution in [3.63, 3.8) is 0 Å². The van der Waals surface area contributed by atoms with E-state index in [0.29, 0.717) is 17.2 Å². The molecule has 0 fully saturated rings. The number of nitrogens with one attached hydrogen (secondary N) is 2. The molecule has 5 heteroatoms. The van der Waals surface area contributed by atoms with Crippen molar-refractivity contribution in [2.45, 2.75) is 26.2 Å². The van der Waals surface area contributed by atoms with Gasteiger partial charge in [-0.3, -0.25) is 9.59 Å². The Morgan fingerprint density at radius 2 is 1.95 bits per heavy atom. The van der Waals surface area contributed by atoms with Crippen molar-refractivity contribution >= 4 is 11.7 Å². The molecule has 1 atom stereocenters. The van der Waals surface area contributed by atoms with Crippen LogP contribution >= 0.6 is 0 Å². The highest BCUT2D eigenvalue weighted by Crippen LogP contribution is 2.34. The molecular formula is C15H15N3O2. The SMILES string of the molecule is Cc1nc2c(c(=O)[nH]1)[C@@H](c1ccccc1C)CC(=O)N2. The van der Waals surface area contributed by atoms with Gasteiger partial charge in [-0.1, -0.05) is 24.3 Å². The molecule has 2 N–H and O–H groups in total. The number of rotatable bonds is 1. The average Bonchev–Trinajstić information content (AvgIpc) is 2.37. The van der Waals surface area contributed by atoms with Crippen LogP contribution in [-0.2, 0) is 4.79 Å². The normalized spacial score (nSPS) is 17.5. The number of hydrogen-bond donors (Lipinski definition) is 2. The van der Waals surface area contributed by atoms with E-state index in [1.54, 1.807) is 6.92 Å². The first kappa shape index (κ1) is 12.6. The van der Waals surface area contributed by atoms with Gasteiger partial charge in [0, 0.05) is 12.3 Å². The van der Waals surface area contributed by atoms with Gasteiger partial charge >= 0.3 is 0 Å². The van der Waals surface area contributed by atoms with Gasteiger partial charge in [0.25, 0.3) is 5.56 Å². The zero-order chi connectivity index (χ0) is 14.3. The van der Waals surface area contributed by atoms with E-state index >= 15 is 0 Å². The summed E-state index contributed by atoms with van der Waals surface area (Å²) in [6, 6.07) is 7.81. The summed E-state index contributed by atoms with van der Waals surface area (Å²) in [5.41, 5.74) is 2.43. The minimum Gasteiger partial charge on any atom is -0.310 e. The van der Waals surface area contributed by atoms with Crippen LogP contribution in [0.3, 0.4) is 0 Å². The first-order valence-corrected chi connectivity index (χ1v) is 6.52. The Balaban J connectivity index is 2.23. The summed E-state index contributed by atoms with van der Waals surface area (Å²) in [4.78, 5) is 31.1. The van der Waals surface area contributed by atoms with Crippen molar-refractivity contribution in [1.82, 2.24) is 9.97 Å². The highest BCUT2D eigenvalue weighted by atomic mass is 16.2. The van der Waals surface area contributed by atoms with Crippen molar-refractivity contribution in [3.8, 4) is 0 Å². The lowest BCUT2D eigenvalue weighted by molar-refractivity contribution is -0.116. The molecule has 20 heavy (non-hydrogen) atoms. The third-order valence-corrected chi connectivity index (χ3v) is 3.63. The number of carbonyl (C=O) groups is 1. The number of carbonyl (C=O) groups excluding carboxylic acids is 1. The summed E-state index contributed by atoms with van der Waals surface area (Å²) in [7, 11) is 0. The van der Waals surface area contributed by atoms with Gasteiger partial charge in [-0.2, -0.15) is 0 Å². The second kappa shape index (κ2) is 4.59. The Kier molecular flexibility index (Phi) is 2.89. The van der Waals surface area contributed by atoms with Crippen molar-refractivity contribution in [1.29, 1.82) is 0 Å². The van der Waals surface area contributed by atoms with Crippen LogP contribution in [0.15, 0.2) is 29.1 Å². The van der Waals surface area contributed by atoms with E-state index in [2.05, 4.69) is 15.3 Å². The lowest BCUT2D eigenvalue weighted by Gasteiger charge is -2.25. The summed E-state index contributed by atoms with van der Waals surface area (Å²) in [5.74, 6) is 0.537. The molecule has 2 heterocycles. The van der Waals surface area contributed by atoms with Gasteiger partial charge in [0.2, 0.25) is 5.91 Å². The molecule has 0 unspecified atom stereocenters. The number of nitrogens with zero attached hydrogens (tertiary/aromatic N) is 1. The maximum Gasteiger partial charge on any atom is 0.256 e. The van der Waals surface area contributed by atoms with Crippen molar-refractivity contribution in [3.05, 3.63) is 57.1 Å². The smallest absolute Gasteiger partial charge is 0.256 e. The van der Waals surface area contributed by atoms with Gasteiger partial charge in [0.05, 0.1) is 5.56 Å². The predicted molar refractivity (Wildman–Crippen MR) is 75.9 cm³/mol. The van der Waals surface area contributed by atoms with E-state index in [1.807, 2.05) is 31.2 Å². The zero-order valence-electron chi connectivity index (χ0n) is 11.4. The van der Waals surface area contributed by atoms with Crippen LogP contribution in [0.2, 0.25) is 0 Å². The van der Waals surface area contributed by atoms with E-state index < -0.39 is 0 Å². The first-order valence-electron chi connectivity index (χ1n) is 6.52. The molecule has 0 radical (unpaired) electrons. The summed E-state index contributed by atoms with van der Waals surface area (Å²) in [6.07, 6.45) is 0.270. The topological polar surface area (TPSA) is 74.8 Å². The quantitative estimate of drug-likeness (QED) is 0.829. The summed E-state index contributed by atoms with van der Waals surface area (Å²) in [5, 5.41) is 2.69. The van der Waals surface area contributed by atoms with Gasteiger partial charge in [-0.25, -0.2) is 4.98 Å². The number of aryl methyl sites for hydroxylation is 2. The fourth-order valence-electron chi connectivity index (χ4n) is 2.73. The lowest BCUT2D eigenvalue weighted by Crippen LogP contribution is -2.31. The monoisotopic (exact) mass is 269 g/mol. The summed E-state index contributed by atoms with van der Waals surface area (Å²) < 4.78 is 0. The highest BCUT2D eigenvalue weighted by Gasteiger charge is 2.31. The van der Waals surface area contributed by atoms with Crippen molar-refractivity contribution in [2.75, 3.05) is 5.32 Å². The molecule has 0 bridgehead atoms. The van der Waals surface area contributed by atoms with Crippen LogP contribution in [0.1, 0.15) is 34.9 Å².